The second-order valence-corrected chi connectivity index (χ2v) is 5.19. The van der Waals surface area contributed by atoms with Crippen LogP contribution < -0.4 is 4.72 Å². The number of hydrogen-bond acceptors (Lipinski definition) is 4. The first kappa shape index (κ1) is 12.4. The third-order valence-corrected chi connectivity index (χ3v) is 3.57. The number of nitrogens with one attached hydrogen (secondary N) is 1. The van der Waals surface area contributed by atoms with E-state index in [4.69, 9.17) is 16.7 Å². The van der Waals surface area contributed by atoms with Crippen LogP contribution in [0.5, 0.6) is 0 Å². The monoisotopic (exact) mass is 253 g/mol. The highest BCUT2D eigenvalue weighted by Crippen LogP contribution is 2.17. The van der Waals surface area contributed by atoms with Gasteiger partial charge in [0.25, 0.3) is 10.0 Å². The molecule has 86 valence electrons. The lowest BCUT2D eigenvalue weighted by Gasteiger charge is -2.06. The summed E-state index contributed by atoms with van der Waals surface area (Å²) in [6.45, 7) is 1.40. The molecular weight excluding hydrogens is 242 g/mol. The van der Waals surface area contributed by atoms with E-state index in [-0.39, 0.29) is 16.7 Å². The lowest BCUT2D eigenvalue weighted by molar-refractivity contribution is 0.198. The Hall–Kier alpha value is -0.630. The van der Waals surface area contributed by atoms with Crippen LogP contribution in [0, 0.1) is 0 Å². The largest absolute Gasteiger partial charge is 0.392 e. The van der Waals surface area contributed by atoms with Gasteiger partial charge in [0.1, 0.15) is 5.15 Å². The molecule has 0 aliphatic heterocycles. The fourth-order valence-corrected chi connectivity index (χ4v) is 2.42. The molecule has 0 amide bonds. The van der Waals surface area contributed by atoms with Gasteiger partial charge in [-0.2, -0.15) is 0 Å². The molecule has 1 atom stereocenters. The summed E-state index contributed by atoms with van der Waals surface area (Å²) in [6.07, 6.45) is 0.543. The van der Waals surface area contributed by atoms with Crippen LogP contribution in [0.3, 0.4) is 0 Å². The van der Waals surface area contributed by atoms with Gasteiger partial charge in [-0.3, -0.25) is 0 Å². The van der Waals surface area contributed by atoms with Gasteiger partial charge in [0.05, 0.1) is 12.4 Å². The van der Waals surface area contributed by atoms with Crippen molar-refractivity contribution in [2.24, 2.45) is 7.05 Å². The summed E-state index contributed by atoms with van der Waals surface area (Å²) in [5, 5.41) is 8.76. The van der Waals surface area contributed by atoms with Crippen molar-refractivity contribution in [1.82, 2.24) is 14.3 Å². The van der Waals surface area contributed by atoms with Gasteiger partial charge < -0.3 is 9.67 Å². The fraction of sp³-hybridized carbons (Fsp3) is 0.571. The summed E-state index contributed by atoms with van der Waals surface area (Å²) in [6, 6.07) is 0. The molecule has 0 aliphatic carbocycles. The molecular formula is C7H12ClN3O3S. The summed E-state index contributed by atoms with van der Waals surface area (Å²) >= 11 is 5.73. The number of imidazole rings is 1. The molecule has 0 fully saturated rings. The minimum absolute atomic E-state index is 0.0353. The molecule has 1 rings (SSSR count). The molecule has 1 aromatic rings. The minimum atomic E-state index is -3.74. The predicted molar refractivity (Wildman–Crippen MR) is 55.1 cm³/mol. The highest BCUT2D eigenvalue weighted by Gasteiger charge is 2.22. The van der Waals surface area contributed by atoms with E-state index in [0.717, 1.165) is 0 Å². The number of nitrogens with zero attached hydrogens (tertiary/aromatic N) is 2. The van der Waals surface area contributed by atoms with Crippen LogP contribution >= 0.6 is 11.6 Å². The zero-order valence-electron chi connectivity index (χ0n) is 8.31. The molecule has 0 radical (unpaired) electrons. The zero-order chi connectivity index (χ0) is 11.6. The number of aryl methyl sites for hydroxylation is 1. The average Bonchev–Trinajstić information content (AvgIpc) is 2.45. The Bertz CT molecular complexity index is 440. The fourth-order valence-electron chi connectivity index (χ4n) is 0.873. The Morgan fingerprint density at radius 3 is 2.73 bits per heavy atom. The van der Waals surface area contributed by atoms with Crippen LogP contribution in [0.15, 0.2) is 11.4 Å². The molecule has 6 nitrogen and oxygen atoms in total. The van der Waals surface area contributed by atoms with Crippen molar-refractivity contribution in [2.45, 2.75) is 18.1 Å². The SMILES string of the molecule is CC(O)CNS(=O)(=O)c1ncn(C)c1Cl. The molecule has 0 bridgehead atoms. The molecule has 15 heavy (non-hydrogen) atoms. The number of aliphatic hydroxyl groups excluding tert-OH is 1. The van der Waals surface area contributed by atoms with Crippen LogP contribution in [0.1, 0.15) is 6.92 Å². The van der Waals surface area contributed by atoms with Crippen molar-refractivity contribution in [3.05, 3.63) is 11.5 Å². The first-order valence-electron chi connectivity index (χ1n) is 4.19. The van der Waals surface area contributed by atoms with Crippen LogP contribution in [0.2, 0.25) is 5.15 Å². The normalized spacial score (nSPS) is 14.1. The van der Waals surface area contributed by atoms with Gasteiger partial charge in [-0.05, 0) is 6.92 Å². The Kier molecular flexibility index (Phi) is 3.72. The maximum Gasteiger partial charge on any atom is 0.261 e. The summed E-state index contributed by atoms with van der Waals surface area (Å²) in [5.74, 6) is 0. The summed E-state index contributed by atoms with van der Waals surface area (Å²) in [7, 11) is -2.15. The van der Waals surface area contributed by atoms with Gasteiger partial charge in [-0.15, -0.1) is 0 Å². The smallest absolute Gasteiger partial charge is 0.261 e. The van der Waals surface area contributed by atoms with E-state index in [0.29, 0.717) is 0 Å². The third-order valence-electron chi connectivity index (χ3n) is 1.66. The summed E-state index contributed by atoms with van der Waals surface area (Å²) < 4.78 is 26.8. The Morgan fingerprint density at radius 2 is 2.33 bits per heavy atom. The van der Waals surface area contributed by atoms with Gasteiger partial charge in [-0.1, -0.05) is 11.6 Å². The highest BCUT2D eigenvalue weighted by atomic mass is 35.5. The molecule has 0 spiro atoms. The molecule has 1 heterocycles. The second-order valence-electron chi connectivity index (χ2n) is 3.15. The quantitative estimate of drug-likeness (QED) is 0.774. The van der Waals surface area contributed by atoms with Crippen LogP contribution in [0.4, 0.5) is 0 Å². The predicted octanol–water partition coefficient (Wildman–Crippen LogP) is -0.267. The topological polar surface area (TPSA) is 84.2 Å². The minimum Gasteiger partial charge on any atom is -0.392 e. The lowest BCUT2D eigenvalue weighted by atomic mass is 10.4. The number of aliphatic hydroxyl groups is 1. The van der Waals surface area contributed by atoms with E-state index in [1.807, 2.05) is 0 Å². The Labute approximate surface area is 92.9 Å². The van der Waals surface area contributed by atoms with E-state index >= 15 is 0 Å². The molecule has 0 saturated heterocycles. The maximum absolute atomic E-state index is 11.6. The average molecular weight is 254 g/mol. The molecule has 1 aromatic heterocycles. The molecule has 1 unspecified atom stereocenters. The Balaban J connectivity index is 2.92. The summed E-state index contributed by atoms with van der Waals surface area (Å²) in [5.41, 5.74) is 0. The van der Waals surface area contributed by atoms with Crippen LogP contribution in [-0.4, -0.2) is 35.7 Å². The second kappa shape index (κ2) is 4.48. The van der Waals surface area contributed by atoms with Crippen molar-refractivity contribution in [2.75, 3.05) is 6.54 Å². The molecule has 8 heteroatoms. The maximum atomic E-state index is 11.6. The molecule has 0 saturated carbocycles. The Morgan fingerprint density at radius 1 is 1.73 bits per heavy atom. The standard InChI is InChI=1S/C7H12ClN3O3S/c1-5(12)3-10-15(13,14)7-6(8)11(2)4-9-7/h4-5,10,12H,3H2,1-2H3. The molecule has 0 aliphatic rings. The van der Waals surface area contributed by atoms with E-state index < -0.39 is 16.1 Å². The van der Waals surface area contributed by atoms with E-state index in [9.17, 15) is 8.42 Å². The number of halogens is 1. The molecule has 2 N–H and O–H groups in total. The first-order chi connectivity index (χ1) is 6.84. The van der Waals surface area contributed by atoms with Gasteiger partial charge in [0.15, 0.2) is 0 Å². The highest BCUT2D eigenvalue weighted by molar-refractivity contribution is 7.89. The zero-order valence-corrected chi connectivity index (χ0v) is 9.88. The van der Waals surface area contributed by atoms with E-state index in [1.165, 1.54) is 17.8 Å². The van der Waals surface area contributed by atoms with Crippen molar-refractivity contribution in [3.8, 4) is 0 Å². The summed E-state index contributed by atoms with van der Waals surface area (Å²) in [4.78, 5) is 3.66. The van der Waals surface area contributed by atoms with Crippen LogP contribution in [0.25, 0.3) is 0 Å². The number of sulfonamides is 1. The van der Waals surface area contributed by atoms with Gasteiger partial charge in [0.2, 0.25) is 5.03 Å². The number of rotatable bonds is 4. The van der Waals surface area contributed by atoms with Gasteiger partial charge in [0, 0.05) is 13.6 Å². The van der Waals surface area contributed by atoms with Crippen molar-refractivity contribution in [1.29, 1.82) is 0 Å². The van der Waals surface area contributed by atoms with E-state index in [2.05, 4.69) is 9.71 Å². The van der Waals surface area contributed by atoms with Crippen molar-refractivity contribution < 1.29 is 13.5 Å². The van der Waals surface area contributed by atoms with Crippen molar-refractivity contribution >= 4 is 21.6 Å². The van der Waals surface area contributed by atoms with Gasteiger partial charge in [-0.25, -0.2) is 18.1 Å². The number of aromatic nitrogens is 2. The van der Waals surface area contributed by atoms with Crippen molar-refractivity contribution in [3.63, 3.8) is 0 Å². The number of hydrogen-bond donors (Lipinski definition) is 2. The van der Waals surface area contributed by atoms with Gasteiger partial charge >= 0.3 is 0 Å². The van der Waals surface area contributed by atoms with E-state index in [1.54, 1.807) is 7.05 Å². The molecule has 0 aromatic carbocycles. The first-order valence-corrected chi connectivity index (χ1v) is 6.05. The lowest BCUT2D eigenvalue weighted by Crippen LogP contribution is -2.31. The third kappa shape index (κ3) is 2.91. The van der Waals surface area contributed by atoms with Crippen LogP contribution in [-0.2, 0) is 17.1 Å².